The van der Waals surface area contributed by atoms with E-state index in [0.717, 1.165) is 27.3 Å². The van der Waals surface area contributed by atoms with Crippen molar-refractivity contribution in [2.75, 3.05) is 24.7 Å². The highest BCUT2D eigenvalue weighted by molar-refractivity contribution is 7.92. The van der Waals surface area contributed by atoms with Gasteiger partial charge in [0.15, 0.2) is 0 Å². The van der Waals surface area contributed by atoms with Gasteiger partial charge in [-0.05, 0) is 54.3 Å². The third kappa shape index (κ3) is 5.09. The van der Waals surface area contributed by atoms with Crippen LogP contribution in [0.2, 0.25) is 0 Å². The molecule has 3 aromatic carbocycles. The maximum Gasteiger partial charge on any atom is 0.274 e. The van der Waals surface area contributed by atoms with Gasteiger partial charge < -0.3 is 9.73 Å². The van der Waals surface area contributed by atoms with Crippen molar-refractivity contribution >= 4 is 44.2 Å². The zero-order valence-corrected chi connectivity index (χ0v) is 26.1. The fraction of sp³-hybridized carbons (Fsp3) is 0.176. The first-order chi connectivity index (χ1) is 21.4. The molecule has 0 unspecified atom stereocenters. The van der Waals surface area contributed by atoms with Gasteiger partial charge in [-0.1, -0.05) is 42.0 Å². The molecule has 2 heterocycles. The van der Waals surface area contributed by atoms with Crippen molar-refractivity contribution in [3.63, 3.8) is 0 Å². The van der Waals surface area contributed by atoms with Crippen LogP contribution in [0.4, 0.5) is 5.69 Å². The predicted molar refractivity (Wildman–Crippen MR) is 174 cm³/mol. The zero-order chi connectivity index (χ0) is 32.2. The largest absolute Gasteiger partial charge is 0.455 e. The number of rotatable bonds is 6. The summed E-state index contributed by atoms with van der Waals surface area (Å²) in [5.41, 5.74) is 6.22. The van der Waals surface area contributed by atoms with E-state index in [2.05, 4.69) is 16.5 Å². The van der Waals surface area contributed by atoms with Crippen LogP contribution in [0.25, 0.3) is 45.2 Å². The van der Waals surface area contributed by atoms with Gasteiger partial charge in [0, 0.05) is 49.3 Å². The number of hydrogen-bond acceptors (Lipinski definition) is 7. The Kier molecular flexibility index (Phi) is 7.17. The van der Waals surface area contributed by atoms with E-state index in [1.807, 2.05) is 49.4 Å². The molecule has 1 aliphatic rings. The number of sulfonamides is 1. The summed E-state index contributed by atoms with van der Waals surface area (Å²) in [4.78, 5) is 26.7. The Balaban J connectivity index is 1.63. The normalized spacial score (nSPS) is 12.5. The maximum atomic E-state index is 13.4. The lowest BCUT2D eigenvalue weighted by atomic mass is 9.99. The molecule has 11 heteroatoms. The standard InChI is InChI=1S/C34H29N5O5S/c1-19-9-11-20(12-10-19)32-31(33(40)36-2)27-15-26(29(17-30(27)44-32)39(4)45(5,42)43)28-16-25(34(41)38(3)37-28)23-13-21-7-6-8-22(18-35)24(21)14-23/h6-12,14-17H,13H2,1-5H3,(H,36,40). The summed E-state index contributed by atoms with van der Waals surface area (Å²) >= 11 is 0. The topological polar surface area (TPSA) is 138 Å². The number of benzene rings is 3. The molecule has 0 fully saturated rings. The van der Waals surface area contributed by atoms with E-state index in [9.17, 15) is 23.3 Å². The fourth-order valence-corrected chi connectivity index (χ4v) is 6.15. The lowest BCUT2D eigenvalue weighted by Crippen LogP contribution is -2.26. The molecule has 0 atom stereocenters. The molecule has 6 rings (SSSR count). The van der Waals surface area contributed by atoms with Crippen LogP contribution in [0.3, 0.4) is 0 Å². The van der Waals surface area contributed by atoms with Crippen molar-refractivity contribution < 1.29 is 17.6 Å². The third-order valence-corrected chi connectivity index (χ3v) is 9.30. The summed E-state index contributed by atoms with van der Waals surface area (Å²) in [7, 11) is 0.727. The number of allylic oxidation sites excluding steroid dienone is 1. The van der Waals surface area contributed by atoms with Crippen molar-refractivity contribution in [1.29, 1.82) is 5.26 Å². The number of furan rings is 1. The maximum absolute atomic E-state index is 13.4. The van der Waals surface area contributed by atoms with Crippen LogP contribution < -0.4 is 15.2 Å². The van der Waals surface area contributed by atoms with Crippen molar-refractivity contribution in [3.8, 4) is 28.7 Å². The summed E-state index contributed by atoms with van der Waals surface area (Å²) in [5, 5.41) is 17.3. The highest BCUT2D eigenvalue weighted by Crippen LogP contribution is 2.41. The number of anilines is 1. The first-order valence-electron chi connectivity index (χ1n) is 14.1. The van der Waals surface area contributed by atoms with Crippen molar-refractivity contribution in [2.24, 2.45) is 7.05 Å². The number of nitrogens with zero attached hydrogens (tertiary/aromatic N) is 4. The Morgan fingerprint density at radius 1 is 1.11 bits per heavy atom. The van der Waals surface area contributed by atoms with E-state index in [4.69, 9.17) is 4.42 Å². The monoisotopic (exact) mass is 619 g/mol. The van der Waals surface area contributed by atoms with Crippen LogP contribution in [0.5, 0.6) is 0 Å². The number of hydrogen-bond donors (Lipinski definition) is 1. The molecular formula is C34H29N5O5S. The highest BCUT2D eigenvalue weighted by atomic mass is 32.2. The quantitative estimate of drug-likeness (QED) is 0.286. The SMILES string of the molecule is CNC(=O)c1c(-c2ccc(C)cc2)oc2cc(N(C)S(C)(=O)=O)c(-c3cc(C4=Cc5c(C#N)cccc5C4)c(=O)n(C)n3)cc12. The van der Waals surface area contributed by atoms with Gasteiger partial charge in [0.2, 0.25) is 10.0 Å². The summed E-state index contributed by atoms with van der Waals surface area (Å²) < 4.78 is 34.3. The number of nitrogens with one attached hydrogen (secondary N) is 1. The first kappa shape index (κ1) is 29.6. The second-order valence-electron chi connectivity index (χ2n) is 11.1. The molecule has 2 aromatic heterocycles. The van der Waals surface area contributed by atoms with E-state index < -0.39 is 10.0 Å². The first-order valence-corrected chi connectivity index (χ1v) is 15.9. The molecule has 0 bridgehead atoms. The van der Waals surface area contributed by atoms with Gasteiger partial charge >= 0.3 is 0 Å². The van der Waals surface area contributed by atoms with Crippen molar-refractivity contribution in [2.45, 2.75) is 13.3 Å². The minimum atomic E-state index is -3.75. The Bertz CT molecular complexity index is 2290. The molecule has 1 amide bonds. The molecule has 226 valence electrons. The van der Waals surface area contributed by atoms with E-state index in [0.29, 0.717) is 56.7 Å². The van der Waals surface area contributed by atoms with Gasteiger partial charge in [-0.15, -0.1) is 0 Å². The summed E-state index contributed by atoms with van der Waals surface area (Å²) in [6, 6.07) is 20.1. The zero-order valence-electron chi connectivity index (χ0n) is 25.3. The van der Waals surface area contributed by atoms with E-state index in [1.165, 1.54) is 25.8 Å². The third-order valence-electron chi connectivity index (χ3n) is 8.11. The van der Waals surface area contributed by atoms with Crippen LogP contribution in [0, 0.1) is 18.3 Å². The van der Waals surface area contributed by atoms with Crippen molar-refractivity contribution in [1.82, 2.24) is 15.1 Å². The lowest BCUT2D eigenvalue weighted by Gasteiger charge is -2.21. The molecule has 0 spiro atoms. The van der Waals surface area contributed by atoms with Gasteiger partial charge in [-0.3, -0.25) is 13.9 Å². The van der Waals surface area contributed by atoms with Gasteiger partial charge in [0.05, 0.1) is 34.8 Å². The van der Waals surface area contributed by atoms with Crippen LogP contribution >= 0.6 is 0 Å². The molecule has 0 saturated heterocycles. The van der Waals surface area contributed by atoms with Gasteiger partial charge in [-0.2, -0.15) is 10.4 Å². The highest BCUT2D eigenvalue weighted by Gasteiger charge is 2.27. The van der Waals surface area contributed by atoms with Gasteiger partial charge in [-0.25, -0.2) is 13.1 Å². The second kappa shape index (κ2) is 10.9. The van der Waals surface area contributed by atoms with Gasteiger partial charge in [0.25, 0.3) is 11.5 Å². The Labute approximate surface area is 259 Å². The molecule has 45 heavy (non-hydrogen) atoms. The Morgan fingerprint density at radius 2 is 1.84 bits per heavy atom. The van der Waals surface area contributed by atoms with Crippen LogP contribution in [0.1, 0.15) is 38.2 Å². The average molecular weight is 620 g/mol. The van der Waals surface area contributed by atoms with E-state index in [-0.39, 0.29) is 22.7 Å². The molecule has 10 nitrogen and oxygen atoms in total. The summed E-state index contributed by atoms with van der Waals surface area (Å²) in [5.74, 6) is -0.0403. The molecule has 1 aliphatic carbocycles. The van der Waals surface area contributed by atoms with Gasteiger partial charge in [0.1, 0.15) is 11.3 Å². The second-order valence-corrected chi connectivity index (χ2v) is 13.1. The fourth-order valence-electron chi connectivity index (χ4n) is 5.64. The number of nitriles is 1. The van der Waals surface area contributed by atoms with Crippen molar-refractivity contribution in [3.05, 3.63) is 104 Å². The Hall–Kier alpha value is -5.47. The van der Waals surface area contributed by atoms with E-state index in [1.54, 1.807) is 24.3 Å². The predicted octanol–water partition coefficient (Wildman–Crippen LogP) is 4.89. The molecule has 1 N–H and O–H groups in total. The number of amides is 1. The minimum Gasteiger partial charge on any atom is -0.455 e. The number of carbonyl (C=O) groups excluding carboxylic acids is 1. The van der Waals surface area contributed by atoms with Crippen LogP contribution in [0.15, 0.2) is 69.9 Å². The summed E-state index contributed by atoms with van der Waals surface area (Å²) in [6.45, 7) is 1.96. The Morgan fingerprint density at radius 3 is 2.51 bits per heavy atom. The van der Waals surface area contributed by atoms with E-state index >= 15 is 0 Å². The molecule has 0 radical (unpaired) electrons. The smallest absolute Gasteiger partial charge is 0.274 e. The molecule has 0 saturated carbocycles. The molecular weight excluding hydrogens is 590 g/mol. The number of aryl methyl sites for hydroxylation is 2. The molecule has 5 aromatic rings. The number of aromatic nitrogens is 2. The molecule has 0 aliphatic heterocycles. The number of fused-ring (bicyclic) bond motifs is 2. The summed E-state index contributed by atoms with van der Waals surface area (Å²) in [6.07, 6.45) is 3.37. The van der Waals surface area contributed by atoms with Crippen LogP contribution in [-0.2, 0) is 23.5 Å². The van der Waals surface area contributed by atoms with Crippen LogP contribution in [-0.4, -0.2) is 44.5 Å². The number of carbonyl (C=O) groups is 1. The average Bonchev–Trinajstić information content (AvgIpc) is 3.62. The lowest BCUT2D eigenvalue weighted by molar-refractivity contribution is 0.0964. The minimum absolute atomic E-state index is 0.255.